The molecule has 0 bridgehead atoms. The lowest BCUT2D eigenvalue weighted by Gasteiger charge is -2.31. The number of ether oxygens (including phenoxy) is 1. The van der Waals surface area contributed by atoms with Crippen LogP contribution in [0, 0.1) is 0 Å². The maximum absolute atomic E-state index is 12.0. The molecule has 1 aliphatic heterocycles. The van der Waals surface area contributed by atoms with Crippen molar-refractivity contribution in [3.63, 3.8) is 0 Å². The van der Waals surface area contributed by atoms with Crippen molar-refractivity contribution in [3.05, 3.63) is 16.1 Å². The van der Waals surface area contributed by atoms with Crippen LogP contribution in [-0.2, 0) is 17.8 Å². The quantitative estimate of drug-likeness (QED) is 0.842. The normalized spacial score (nSPS) is 14.9. The van der Waals surface area contributed by atoms with Crippen LogP contribution in [0.15, 0.2) is 4.73 Å². The van der Waals surface area contributed by atoms with E-state index in [1.54, 1.807) is 25.3 Å². The van der Waals surface area contributed by atoms with E-state index in [0.717, 1.165) is 0 Å². The number of rotatable bonds is 1. The van der Waals surface area contributed by atoms with Crippen molar-refractivity contribution < 1.29 is 19.4 Å². The second kappa shape index (κ2) is 5.08. The molecule has 0 aliphatic carbocycles. The number of carbonyl (C=O) groups excluding carboxylic acids is 1. The van der Waals surface area contributed by atoms with Crippen molar-refractivity contribution in [1.29, 1.82) is 0 Å². The first-order chi connectivity index (χ1) is 9.19. The molecule has 110 valence electrons. The summed E-state index contributed by atoms with van der Waals surface area (Å²) in [6.07, 6.45) is -0.447. The number of carboxylic acid groups (broad SMARTS) is 1. The maximum atomic E-state index is 12.0. The van der Waals surface area contributed by atoms with Gasteiger partial charge in [0.05, 0.1) is 12.2 Å². The molecule has 1 aromatic heterocycles. The Morgan fingerprint density at radius 2 is 2.00 bits per heavy atom. The average molecular weight is 346 g/mol. The highest BCUT2D eigenvalue weighted by Crippen LogP contribution is 2.23. The number of hydrogen-bond donors (Lipinski definition) is 1. The van der Waals surface area contributed by atoms with Crippen molar-refractivity contribution in [2.24, 2.45) is 0 Å². The molecule has 1 aromatic rings. The van der Waals surface area contributed by atoms with Crippen molar-refractivity contribution in [1.82, 2.24) is 14.5 Å². The number of nitrogens with zero attached hydrogens (tertiary/aromatic N) is 3. The van der Waals surface area contributed by atoms with E-state index in [2.05, 4.69) is 20.9 Å². The third-order valence-corrected chi connectivity index (χ3v) is 3.42. The maximum Gasteiger partial charge on any atom is 0.410 e. The lowest BCUT2D eigenvalue weighted by Crippen LogP contribution is -2.41. The van der Waals surface area contributed by atoms with Crippen LogP contribution >= 0.6 is 15.9 Å². The number of aromatic nitrogens is 2. The van der Waals surface area contributed by atoms with Gasteiger partial charge >= 0.3 is 12.1 Å². The van der Waals surface area contributed by atoms with Gasteiger partial charge in [-0.15, -0.1) is 0 Å². The molecule has 0 saturated carbocycles. The Balaban J connectivity index is 2.22. The van der Waals surface area contributed by atoms with Gasteiger partial charge in [-0.05, 0) is 36.7 Å². The monoisotopic (exact) mass is 345 g/mol. The standard InChI is InChI=1S/C12H16BrN3O4/c1-12(2,3)20-11(19)15-4-5-16-7(6-15)8(9(17)18)14-10(16)13/h4-6H2,1-3H3,(H,17,18). The van der Waals surface area contributed by atoms with Crippen LogP contribution in [-0.4, -0.2) is 43.8 Å². The average Bonchev–Trinajstić information content (AvgIpc) is 2.64. The molecule has 0 spiro atoms. The number of imidazole rings is 1. The molecule has 0 aromatic carbocycles. The number of fused-ring (bicyclic) bond motifs is 1. The minimum absolute atomic E-state index is 0.0369. The molecule has 0 unspecified atom stereocenters. The molecule has 8 heteroatoms. The van der Waals surface area contributed by atoms with Gasteiger partial charge in [0.15, 0.2) is 10.4 Å². The molecule has 1 amide bonds. The predicted molar refractivity (Wildman–Crippen MR) is 73.5 cm³/mol. The van der Waals surface area contributed by atoms with Crippen LogP contribution in [0.5, 0.6) is 0 Å². The smallest absolute Gasteiger partial charge is 0.410 e. The van der Waals surface area contributed by atoms with E-state index in [-0.39, 0.29) is 12.2 Å². The Morgan fingerprint density at radius 3 is 2.55 bits per heavy atom. The molecule has 0 radical (unpaired) electrons. The molecular weight excluding hydrogens is 330 g/mol. The van der Waals surface area contributed by atoms with Crippen LogP contribution in [0.1, 0.15) is 37.0 Å². The molecule has 0 saturated heterocycles. The third kappa shape index (κ3) is 2.95. The molecule has 1 aliphatic rings. The molecule has 0 atom stereocenters. The summed E-state index contributed by atoms with van der Waals surface area (Å²) in [5.74, 6) is -1.11. The highest BCUT2D eigenvalue weighted by molar-refractivity contribution is 9.10. The topological polar surface area (TPSA) is 84.7 Å². The van der Waals surface area contributed by atoms with Crippen molar-refractivity contribution >= 4 is 28.0 Å². The molecule has 1 N–H and O–H groups in total. The molecule has 2 heterocycles. The number of amides is 1. The lowest BCUT2D eigenvalue weighted by molar-refractivity contribution is 0.0195. The number of carbonyl (C=O) groups is 2. The van der Waals surface area contributed by atoms with Gasteiger partial charge in [-0.1, -0.05) is 0 Å². The van der Waals surface area contributed by atoms with Gasteiger partial charge in [-0.2, -0.15) is 0 Å². The van der Waals surface area contributed by atoms with Gasteiger partial charge in [0.2, 0.25) is 0 Å². The summed E-state index contributed by atoms with van der Waals surface area (Å²) in [6, 6.07) is 0. The Hall–Kier alpha value is -1.57. The summed E-state index contributed by atoms with van der Waals surface area (Å²) >= 11 is 3.23. The van der Waals surface area contributed by atoms with Crippen molar-refractivity contribution in [2.45, 2.75) is 39.5 Å². The van der Waals surface area contributed by atoms with E-state index in [4.69, 9.17) is 9.84 Å². The van der Waals surface area contributed by atoms with Crippen LogP contribution in [0.25, 0.3) is 0 Å². The fourth-order valence-electron chi connectivity index (χ4n) is 1.98. The van der Waals surface area contributed by atoms with Crippen LogP contribution < -0.4 is 0 Å². The molecule has 0 fully saturated rings. The predicted octanol–water partition coefficient (Wildman–Crippen LogP) is 2.09. The SMILES string of the molecule is CC(C)(C)OC(=O)N1CCn2c(Br)nc(C(=O)O)c2C1. The zero-order valence-corrected chi connectivity index (χ0v) is 13.1. The summed E-state index contributed by atoms with van der Waals surface area (Å²) < 4.78 is 7.52. The second-order valence-electron chi connectivity index (χ2n) is 5.53. The summed E-state index contributed by atoms with van der Waals surface area (Å²) in [5.41, 5.74) is -0.114. The lowest BCUT2D eigenvalue weighted by atomic mass is 10.2. The minimum Gasteiger partial charge on any atom is -0.476 e. The summed E-state index contributed by atoms with van der Waals surface area (Å²) in [4.78, 5) is 28.6. The minimum atomic E-state index is -1.11. The van der Waals surface area contributed by atoms with E-state index in [1.807, 2.05) is 0 Å². The molecule has 7 nitrogen and oxygen atoms in total. The van der Waals surface area contributed by atoms with Crippen LogP contribution in [0.4, 0.5) is 4.79 Å². The fraction of sp³-hybridized carbons (Fsp3) is 0.583. The Kier molecular flexibility index (Phi) is 3.77. The van der Waals surface area contributed by atoms with Gasteiger partial charge < -0.3 is 19.3 Å². The number of halogens is 1. The van der Waals surface area contributed by atoms with Gasteiger partial charge in [0.25, 0.3) is 0 Å². The summed E-state index contributed by atoms with van der Waals surface area (Å²) in [6.45, 7) is 6.48. The van der Waals surface area contributed by atoms with E-state index < -0.39 is 17.7 Å². The number of carboxylic acids is 1. The fourth-order valence-corrected chi connectivity index (χ4v) is 2.55. The third-order valence-electron chi connectivity index (χ3n) is 2.81. The van der Waals surface area contributed by atoms with Gasteiger partial charge in [-0.25, -0.2) is 14.6 Å². The van der Waals surface area contributed by atoms with Crippen molar-refractivity contribution in [3.8, 4) is 0 Å². The van der Waals surface area contributed by atoms with Gasteiger partial charge in [-0.3, -0.25) is 0 Å². The molecule has 2 rings (SSSR count). The van der Waals surface area contributed by atoms with Crippen molar-refractivity contribution in [2.75, 3.05) is 6.54 Å². The van der Waals surface area contributed by atoms with E-state index in [1.165, 1.54) is 4.90 Å². The summed E-state index contributed by atoms with van der Waals surface area (Å²) in [5, 5.41) is 9.13. The van der Waals surface area contributed by atoms with Gasteiger partial charge in [0.1, 0.15) is 5.60 Å². The first-order valence-corrected chi connectivity index (χ1v) is 6.94. The van der Waals surface area contributed by atoms with E-state index in [0.29, 0.717) is 23.5 Å². The molecule has 20 heavy (non-hydrogen) atoms. The largest absolute Gasteiger partial charge is 0.476 e. The zero-order chi connectivity index (χ0) is 15.1. The van der Waals surface area contributed by atoms with E-state index >= 15 is 0 Å². The van der Waals surface area contributed by atoms with Crippen LogP contribution in [0.3, 0.4) is 0 Å². The van der Waals surface area contributed by atoms with E-state index in [9.17, 15) is 9.59 Å². The second-order valence-corrected chi connectivity index (χ2v) is 6.24. The number of aromatic carboxylic acids is 1. The highest BCUT2D eigenvalue weighted by atomic mass is 79.9. The summed E-state index contributed by atoms with van der Waals surface area (Å²) in [7, 11) is 0. The zero-order valence-electron chi connectivity index (χ0n) is 11.5. The first kappa shape index (κ1) is 14.8. The Bertz CT molecular complexity index is 562. The van der Waals surface area contributed by atoms with Gasteiger partial charge in [0, 0.05) is 13.1 Å². The highest BCUT2D eigenvalue weighted by Gasteiger charge is 2.30. The van der Waals surface area contributed by atoms with Crippen LogP contribution in [0.2, 0.25) is 0 Å². The first-order valence-electron chi connectivity index (χ1n) is 6.15. The Morgan fingerprint density at radius 1 is 1.35 bits per heavy atom. The molecular formula is C12H16BrN3O4. The Labute approximate surface area is 124 Å². The number of hydrogen-bond acceptors (Lipinski definition) is 4.